The molecule has 2 bridgehead atoms. The molecule has 0 radical (unpaired) electrons. The molecule has 2 aliphatic rings. The Labute approximate surface area is 125 Å². The smallest absolute Gasteiger partial charge is 0.379 e. The molecule has 3 rings (SSSR count). The molecule has 112 valence electrons. The second-order valence-electron chi connectivity index (χ2n) is 7.20. The molecule has 1 aromatic rings. The Morgan fingerprint density at radius 2 is 1.81 bits per heavy atom. The average Bonchev–Trinajstić information content (AvgIpc) is 2.80. The lowest BCUT2D eigenvalue weighted by Gasteiger charge is -2.38. The zero-order valence-electron chi connectivity index (χ0n) is 12.9. The predicted molar refractivity (Wildman–Crippen MR) is 79.9 cm³/mol. The number of hydrogen-bond donors (Lipinski definition) is 0. The van der Waals surface area contributed by atoms with Crippen LogP contribution in [0.4, 0.5) is 0 Å². The number of ether oxygens (including phenoxy) is 1. The monoisotopic (exact) mass is 286 g/mol. The van der Waals surface area contributed by atoms with Crippen LogP contribution in [0.3, 0.4) is 0 Å². The fourth-order valence-corrected chi connectivity index (χ4v) is 4.20. The lowest BCUT2D eigenvalue weighted by molar-refractivity contribution is -0.150. The van der Waals surface area contributed by atoms with Gasteiger partial charge in [0.1, 0.15) is 6.10 Å². The number of hydrogen-bond acceptors (Lipinski definition) is 3. The Morgan fingerprint density at radius 1 is 1.14 bits per heavy atom. The standard InChI is InChI=1S/C18H22O3/c1-17(2)13-9-10-18(17,3)14(11-13)21-16(20)15(19)12-7-5-4-6-8-12/h4-8,13-14H,9-11H2,1-3H3. The van der Waals surface area contributed by atoms with Crippen molar-refractivity contribution in [2.75, 3.05) is 0 Å². The molecular formula is C18H22O3. The quantitative estimate of drug-likeness (QED) is 0.484. The molecule has 3 unspecified atom stereocenters. The summed E-state index contributed by atoms with van der Waals surface area (Å²) in [5.41, 5.74) is 0.563. The summed E-state index contributed by atoms with van der Waals surface area (Å²) in [6, 6.07) is 8.62. The van der Waals surface area contributed by atoms with Gasteiger partial charge in [0.05, 0.1) is 0 Å². The first-order valence-corrected chi connectivity index (χ1v) is 7.66. The first kappa shape index (κ1) is 14.3. The van der Waals surface area contributed by atoms with E-state index >= 15 is 0 Å². The lowest BCUT2D eigenvalue weighted by atomic mass is 9.70. The van der Waals surface area contributed by atoms with E-state index in [9.17, 15) is 9.59 Å². The summed E-state index contributed by atoms with van der Waals surface area (Å²) in [6.07, 6.45) is 3.02. The third-order valence-electron chi connectivity index (χ3n) is 6.18. The molecule has 0 aromatic heterocycles. The minimum Gasteiger partial charge on any atom is -0.456 e. The maximum absolute atomic E-state index is 12.2. The minimum absolute atomic E-state index is 0.00963. The van der Waals surface area contributed by atoms with Crippen molar-refractivity contribution in [2.45, 2.75) is 46.1 Å². The fourth-order valence-electron chi connectivity index (χ4n) is 4.20. The van der Waals surface area contributed by atoms with Gasteiger partial charge in [-0.05, 0) is 30.6 Å². The second-order valence-corrected chi connectivity index (χ2v) is 7.20. The molecule has 3 nitrogen and oxygen atoms in total. The molecule has 0 aliphatic heterocycles. The van der Waals surface area contributed by atoms with E-state index in [-0.39, 0.29) is 16.9 Å². The Hall–Kier alpha value is -1.64. The number of ketones is 1. The third-order valence-corrected chi connectivity index (χ3v) is 6.18. The van der Waals surface area contributed by atoms with Crippen molar-refractivity contribution >= 4 is 11.8 Å². The number of fused-ring (bicyclic) bond motifs is 2. The van der Waals surface area contributed by atoms with Crippen LogP contribution < -0.4 is 0 Å². The molecule has 2 saturated carbocycles. The highest BCUT2D eigenvalue weighted by molar-refractivity contribution is 6.40. The number of carbonyl (C=O) groups excluding carboxylic acids is 2. The maximum Gasteiger partial charge on any atom is 0.379 e. The summed E-state index contributed by atoms with van der Waals surface area (Å²) >= 11 is 0. The van der Waals surface area contributed by atoms with E-state index in [1.54, 1.807) is 24.3 Å². The van der Waals surface area contributed by atoms with Gasteiger partial charge in [0.2, 0.25) is 0 Å². The molecule has 0 heterocycles. The lowest BCUT2D eigenvalue weighted by Crippen LogP contribution is -2.39. The van der Waals surface area contributed by atoms with Crippen molar-refractivity contribution in [3.05, 3.63) is 35.9 Å². The number of rotatable bonds is 3. The van der Waals surface area contributed by atoms with Crippen LogP contribution in [0.15, 0.2) is 30.3 Å². The highest BCUT2D eigenvalue weighted by atomic mass is 16.5. The number of esters is 1. The van der Waals surface area contributed by atoms with Gasteiger partial charge in [0.15, 0.2) is 0 Å². The predicted octanol–water partition coefficient (Wildman–Crippen LogP) is 3.63. The molecule has 0 saturated heterocycles. The summed E-state index contributed by atoms with van der Waals surface area (Å²) in [5.74, 6) is -0.664. The van der Waals surface area contributed by atoms with Crippen LogP contribution in [0.1, 0.15) is 50.4 Å². The third kappa shape index (κ3) is 2.02. The molecule has 2 fully saturated rings. The van der Waals surface area contributed by atoms with Crippen molar-refractivity contribution < 1.29 is 14.3 Å². The van der Waals surface area contributed by atoms with Gasteiger partial charge in [0, 0.05) is 11.0 Å². The maximum atomic E-state index is 12.2. The largest absolute Gasteiger partial charge is 0.456 e. The molecule has 2 aliphatic carbocycles. The summed E-state index contributed by atoms with van der Waals surface area (Å²) in [4.78, 5) is 24.3. The second kappa shape index (κ2) is 4.69. The minimum atomic E-state index is -0.712. The number of benzene rings is 1. The van der Waals surface area contributed by atoms with Crippen molar-refractivity contribution in [2.24, 2.45) is 16.7 Å². The Bertz CT molecular complexity index is 575. The van der Waals surface area contributed by atoms with Gasteiger partial charge >= 0.3 is 5.97 Å². The molecule has 21 heavy (non-hydrogen) atoms. The van der Waals surface area contributed by atoms with Gasteiger partial charge in [-0.2, -0.15) is 0 Å². The topological polar surface area (TPSA) is 43.4 Å². The highest BCUT2D eigenvalue weighted by Gasteiger charge is 2.63. The van der Waals surface area contributed by atoms with Crippen LogP contribution in [0.2, 0.25) is 0 Å². The molecule has 3 atom stereocenters. The van der Waals surface area contributed by atoms with Crippen LogP contribution in [0.5, 0.6) is 0 Å². The van der Waals surface area contributed by atoms with Crippen LogP contribution in [0, 0.1) is 16.7 Å². The van der Waals surface area contributed by atoms with Gasteiger partial charge in [0.25, 0.3) is 5.78 Å². The number of Topliss-reactive ketones (excluding diaryl/α,β-unsaturated/α-hetero) is 1. The van der Waals surface area contributed by atoms with Crippen LogP contribution in [0.25, 0.3) is 0 Å². The Balaban J connectivity index is 1.74. The van der Waals surface area contributed by atoms with E-state index in [4.69, 9.17) is 4.74 Å². The van der Waals surface area contributed by atoms with Crippen molar-refractivity contribution in [3.63, 3.8) is 0 Å². The van der Waals surface area contributed by atoms with Crippen molar-refractivity contribution in [1.82, 2.24) is 0 Å². The van der Waals surface area contributed by atoms with Crippen molar-refractivity contribution in [3.8, 4) is 0 Å². The zero-order valence-corrected chi connectivity index (χ0v) is 12.9. The molecule has 0 spiro atoms. The van der Waals surface area contributed by atoms with Crippen LogP contribution >= 0.6 is 0 Å². The van der Waals surface area contributed by atoms with E-state index in [1.807, 2.05) is 6.07 Å². The van der Waals surface area contributed by atoms with Crippen LogP contribution in [-0.4, -0.2) is 17.9 Å². The van der Waals surface area contributed by atoms with Gasteiger partial charge in [-0.3, -0.25) is 4.79 Å². The fraction of sp³-hybridized carbons (Fsp3) is 0.556. The summed E-state index contributed by atoms with van der Waals surface area (Å²) in [6.45, 7) is 6.72. The Kier molecular flexibility index (Phi) is 3.19. The molecule has 3 heteroatoms. The Morgan fingerprint density at radius 3 is 2.33 bits per heavy atom. The van der Waals surface area contributed by atoms with E-state index in [0.29, 0.717) is 11.5 Å². The molecule has 0 amide bonds. The van der Waals surface area contributed by atoms with E-state index in [1.165, 1.54) is 6.42 Å². The average molecular weight is 286 g/mol. The SMILES string of the molecule is CC1(C)C2CCC1(C)C(OC(=O)C(=O)c1ccccc1)C2. The normalized spacial score (nSPS) is 32.9. The van der Waals surface area contributed by atoms with Gasteiger partial charge < -0.3 is 4.74 Å². The van der Waals surface area contributed by atoms with Gasteiger partial charge in [-0.1, -0.05) is 51.1 Å². The first-order chi connectivity index (χ1) is 9.86. The summed E-state index contributed by atoms with van der Waals surface area (Å²) < 4.78 is 5.61. The molecular weight excluding hydrogens is 264 g/mol. The van der Waals surface area contributed by atoms with E-state index in [0.717, 1.165) is 12.8 Å². The highest BCUT2D eigenvalue weighted by Crippen LogP contribution is 2.66. The molecule has 0 N–H and O–H groups in total. The zero-order chi connectivity index (χ0) is 15.3. The first-order valence-electron chi connectivity index (χ1n) is 7.66. The van der Waals surface area contributed by atoms with E-state index in [2.05, 4.69) is 20.8 Å². The van der Waals surface area contributed by atoms with Crippen molar-refractivity contribution in [1.29, 1.82) is 0 Å². The van der Waals surface area contributed by atoms with Gasteiger partial charge in [-0.15, -0.1) is 0 Å². The number of carbonyl (C=O) groups is 2. The summed E-state index contributed by atoms with van der Waals surface area (Å²) in [7, 11) is 0. The summed E-state index contributed by atoms with van der Waals surface area (Å²) in [5, 5.41) is 0. The van der Waals surface area contributed by atoms with Gasteiger partial charge in [-0.25, -0.2) is 4.79 Å². The van der Waals surface area contributed by atoms with Crippen LogP contribution in [-0.2, 0) is 9.53 Å². The molecule has 1 aromatic carbocycles. The van der Waals surface area contributed by atoms with E-state index < -0.39 is 11.8 Å².